The maximum atomic E-state index is 13.4. The monoisotopic (exact) mass is 261 g/mol. The molecule has 102 valence electrons. The molecule has 2 N–H and O–H groups in total. The van der Waals surface area contributed by atoms with E-state index >= 15 is 0 Å². The van der Waals surface area contributed by atoms with Gasteiger partial charge >= 0.3 is 0 Å². The van der Waals surface area contributed by atoms with E-state index in [1.807, 2.05) is 13.0 Å². The second kappa shape index (κ2) is 5.13. The SMILES string of the molecule is Cc1cc(F)cc(-c2ncc(CNC(C)(C)C)[nH]2)c1. The number of imidazole rings is 1. The van der Waals surface area contributed by atoms with Crippen molar-refractivity contribution in [1.29, 1.82) is 0 Å². The van der Waals surface area contributed by atoms with Crippen molar-refractivity contribution in [2.24, 2.45) is 0 Å². The number of benzene rings is 1. The van der Waals surface area contributed by atoms with Gasteiger partial charge in [-0.2, -0.15) is 0 Å². The molecule has 0 aliphatic heterocycles. The van der Waals surface area contributed by atoms with Crippen molar-refractivity contribution >= 4 is 0 Å². The molecule has 0 radical (unpaired) electrons. The van der Waals surface area contributed by atoms with E-state index in [1.54, 1.807) is 6.20 Å². The van der Waals surface area contributed by atoms with Crippen LogP contribution in [0.2, 0.25) is 0 Å². The van der Waals surface area contributed by atoms with Crippen molar-refractivity contribution in [3.8, 4) is 11.4 Å². The number of nitrogens with one attached hydrogen (secondary N) is 2. The summed E-state index contributed by atoms with van der Waals surface area (Å²) in [6.07, 6.45) is 1.79. The second-order valence-electron chi connectivity index (χ2n) is 5.88. The Labute approximate surface area is 113 Å². The lowest BCUT2D eigenvalue weighted by atomic mass is 10.1. The molecule has 0 fully saturated rings. The van der Waals surface area contributed by atoms with Crippen LogP contribution in [-0.4, -0.2) is 15.5 Å². The van der Waals surface area contributed by atoms with Crippen molar-refractivity contribution in [3.05, 3.63) is 41.5 Å². The number of aromatic nitrogens is 2. The maximum Gasteiger partial charge on any atom is 0.137 e. The fourth-order valence-corrected chi connectivity index (χ4v) is 1.83. The van der Waals surface area contributed by atoms with Gasteiger partial charge in [-0.25, -0.2) is 9.37 Å². The summed E-state index contributed by atoms with van der Waals surface area (Å²) < 4.78 is 13.4. The normalized spacial score (nSPS) is 11.8. The minimum absolute atomic E-state index is 0.0563. The third kappa shape index (κ3) is 3.89. The Kier molecular flexibility index (Phi) is 3.71. The molecule has 2 aromatic rings. The van der Waals surface area contributed by atoms with Gasteiger partial charge in [0.1, 0.15) is 11.6 Å². The lowest BCUT2D eigenvalue weighted by Crippen LogP contribution is -2.35. The predicted octanol–water partition coefficient (Wildman–Crippen LogP) is 3.41. The van der Waals surface area contributed by atoms with E-state index in [9.17, 15) is 4.39 Å². The molecule has 0 amide bonds. The van der Waals surface area contributed by atoms with E-state index in [2.05, 4.69) is 36.1 Å². The molecule has 0 bridgehead atoms. The second-order valence-corrected chi connectivity index (χ2v) is 5.88. The molecule has 0 unspecified atom stereocenters. The van der Waals surface area contributed by atoms with Crippen LogP contribution in [0.4, 0.5) is 4.39 Å². The van der Waals surface area contributed by atoms with Gasteiger partial charge < -0.3 is 10.3 Å². The Morgan fingerprint density at radius 1 is 1.26 bits per heavy atom. The fourth-order valence-electron chi connectivity index (χ4n) is 1.83. The Morgan fingerprint density at radius 3 is 2.63 bits per heavy atom. The van der Waals surface area contributed by atoms with Crippen LogP contribution in [0.5, 0.6) is 0 Å². The van der Waals surface area contributed by atoms with Crippen LogP contribution in [0.3, 0.4) is 0 Å². The van der Waals surface area contributed by atoms with Crippen molar-refractivity contribution in [3.63, 3.8) is 0 Å². The summed E-state index contributed by atoms with van der Waals surface area (Å²) >= 11 is 0. The van der Waals surface area contributed by atoms with Crippen molar-refractivity contribution in [2.45, 2.75) is 39.8 Å². The van der Waals surface area contributed by atoms with E-state index in [0.717, 1.165) is 16.8 Å². The first kappa shape index (κ1) is 13.7. The molecule has 3 nitrogen and oxygen atoms in total. The summed E-state index contributed by atoms with van der Waals surface area (Å²) in [6.45, 7) is 8.92. The minimum atomic E-state index is -0.235. The zero-order chi connectivity index (χ0) is 14.0. The van der Waals surface area contributed by atoms with Gasteiger partial charge in [-0.3, -0.25) is 0 Å². The zero-order valence-corrected chi connectivity index (χ0v) is 11.8. The Morgan fingerprint density at radius 2 is 2.00 bits per heavy atom. The summed E-state index contributed by atoms with van der Waals surface area (Å²) in [6, 6.07) is 4.92. The number of hydrogen-bond donors (Lipinski definition) is 2. The Hall–Kier alpha value is -1.68. The van der Waals surface area contributed by atoms with E-state index in [-0.39, 0.29) is 11.4 Å². The van der Waals surface area contributed by atoms with E-state index in [0.29, 0.717) is 12.4 Å². The minimum Gasteiger partial charge on any atom is -0.341 e. The molecule has 0 saturated heterocycles. The molecule has 0 aliphatic carbocycles. The number of H-pyrrole nitrogens is 1. The highest BCUT2D eigenvalue weighted by Gasteiger charge is 2.10. The topological polar surface area (TPSA) is 40.7 Å². The zero-order valence-electron chi connectivity index (χ0n) is 11.8. The standard InChI is InChI=1S/C15H20FN3/c1-10-5-11(7-12(16)6-10)14-17-8-13(19-14)9-18-15(2,3)4/h5-8,18H,9H2,1-4H3,(H,17,19). The summed E-state index contributed by atoms with van der Waals surface area (Å²) in [4.78, 5) is 7.52. The van der Waals surface area contributed by atoms with Crippen molar-refractivity contribution in [1.82, 2.24) is 15.3 Å². The van der Waals surface area contributed by atoms with Gasteiger partial charge in [-0.1, -0.05) is 0 Å². The molecule has 0 atom stereocenters. The summed E-state index contributed by atoms with van der Waals surface area (Å²) in [5, 5.41) is 3.38. The largest absolute Gasteiger partial charge is 0.341 e. The molecular formula is C15H20FN3. The van der Waals surface area contributed by atoms with Crippen LogP contribution >= 0.6 is 0 Å². The van der Waals surface area contributed by atoms with E-state index in [1.165, 1.54) is 12.1 Å². The Bertz CT molecular complexity index is 547. The fraction of sp³-hybridized carbons (Fsp3) is 0.400. The number of aromatic amines is 1. The molecule has 0 saturated carbocycles. The number of nitrogens with zero attached hydrogens (tertiary/aromatic N) is 1. The number of aryl methyl sites for hydroxylation is 1. The molecule has 4 heteroatoms. The molecule has 19 heavy (non-hydrogen) atoms. The van der Waals surface area contributed by atoms with Gasteiger partial charge in [-0.05, 0) is 51.5 Å². The third-order valence-corrected chi connectivity index (χ3v) is 2.75. The molecule has 0 aliphatic rings. The third-order valence-electron chi connectivity index (χ3n) is 2.75. The summed E-state index contributed by atoms with van der Waals surface area (Å²) in [7, 11) is 0. The lowest BCUT2D eigenvalue weighted by molar-refractivity contribution is 0.422. The van der Waals surface area contributed by atoms with Gasteiger partial charge in [0.15, 0.2) is 0 Å². The van der Waals surface area contributed by atoms with Crippen LogP contribution in [0.1, 0.15) is 32.0 Å². The first-order valence-electron chi connectivity index (χ1n) is 6.40. The molecule has 1 aromatic heterocycles. The highest BCUT2D eigenvalue weighted by Crippen LogP contribution is 2.19. The maximum absolute atomic E-state index is 13.4. The smallest absolute Gasteiger partial charge is 0.137 e. The molecule has 0 spiro atoms. The van der Waals surface area contributed by atoms with Gasteiger partial charge in [-0.15, -0.1) is 0 Å². The van der Waals surface area contributed by atoms with Crippen LogP contribution in [0, 0.1) is 12.7 Å². The van der Waals surface area contributed by atoms with E-state index < -0.39 is 0 Å². The molecule has 1 heterocycles. The van der Waals surface area contributed by atoms with Crippen molar-refractivity contribution in [2.75, 3.05) is 0 Å². The average Bonchev–Trinajstić information content (AvgIpc) is 2.72. The first-order valence-corrected chi connectivity index (χ1v) is 6.40. The quantitative estimate of drug-likeness (QED) is 0.889. The predicted molar refractivity (Wildman–Crippen MR) is 75.3 cm³/mol. The number of hydrogen-bond acceptors (Lipinski definition) is 2. The number of halogens is 1. The van der Waals surface area contributed by atoms with Gasteiger partial charge in [0.2, 0.25) is 0 Å². The highest BCUT2D eigenvalue weighted by molar-refractivity contribution is 5.56. The average molecular weight is 261 g/mol. The van der Waals surface area contributed by atoms with Crippen LogP contribution in [0.15, 0.2) is 24.4 Å². The van der Waals surface area contributed by atoms with Gasteiger partial charge in [0.05, 0.1) is 0 Å². The van der Waals surface area contributed by atoms with E-state index in [4.69, 9.17) is 0 Å². The molecular weight excluding hydrogens is 241 g/mol. The highest BCUT2D eigenvalue weighted by atomic mass is 19.1. The van der Waals surface area contributed by atoms with Crippen LogP contribution in [0.25, 0.3) is 11.4 Å². The van der Waals surface area contributed by atoms with Crippen molar-refractivity contribution < 1.29 is 4.39 Å². The van der Waals surface area contributed by atoms with Crippen LogP contribution < -0.4 is 5.32 Å². The van der Waals surface area contributed by atoms with Crippen LogP contribution in [-0.2, 0) is 6.54 Å². The number of rotatable bonds is 3. The van der Waals surface area contributed by atoms with Gasteiger partial charge in [0, 0.05) is 29.5 Å². The lowest BCUT2D eigenvalue weighted by Gasteiger charge is -2.19. The summed E-state index contributed by atoms with van der Waals surface area (Å²) in [5.41, 5.74) is 2.72. The summed E-state index contributed by atoms with van der Waals surface area (Å²) in [5.74, 6) is 0.467. The molecule has 1 aromatic carbocycles. The first-order chi connectivity index (χ1) is 8.83. The Balaban J connectivity index is 2.16. The van der Waals surface area contributed by atoms with Gasteiger partial charge in [0.25, 0.3) is 0 Å². The molecule has 2 rings (SSSR count).